The zero-order valence-electron chi connectivity index (χ0n) is 18.3. The fourth-order valence-corrected chi connectivity index (χ4v) is 4.54. The minimum Gasteiger partial charge on any atom is -0.481 e. The first-order valence-electron chi connectivity index (χ1n) is 11.2. The summed E-state index contributed by atoms with van der Waals surface area (Å²) in [7, 11) is 0. The highest BCUT2D eigenvalue weighted by Gasteiger charge is 2.32. The number of rotatable bonds is 9. The summed E-state index contributed by atoms with van der Waals surface area (Å²) in [6.45, 7) is 1.12. The highest BCUT2D eigenvalue weighted by molar-refractivity contribution is 5.79. The minimum atomic E-state index is -1.02. The van der Waals surface area contributed by atoms with Crippen LogP contribution in [0.3, 0.4) is 0 Å². The lowest BCUT2D eigenvalue weighted by Gasteiger charge is -2.39. The number of fused-ring (bicyclic) bond motifs is 3. The zero-order chi connectivity index (χ0) is 23.4. The number of carbonyl (C=O) groups excluding carboxylic acids is 2. The molecule has 2 aromatic carbocycles. The highest BCUT2D eigenvalue weighted by Crippen LogP contribution is 2.44. The van der Waals surface area contributed by atoms with Gasteiger partial charge in [-0.2, -0.15) is 0 Å². The van der Waals surface area contributed by atoms with Gasteiger partial charge in [-0.05, 0) is 34.6 Å². The molecule has 1 aliphatic carbocycles. The monoisotopic (exact) mass is 452 g/mol. The van der Waals surface area contributed by atoms with E-state index in [9.17, 15) is 19.5 Å². The summed E-state index contributed by atoms with van der Waals surface area (Å²) >= 11 is 0. The molecule has 0 spiro atoms. The second-order valence-electron chi connectivity index (χ2n) is 8.66. The van der Waals surface area contributed by atoms with Crippen LogP contribution in [0.5, 0.6) is 0 Å². The van der Waals surface area contributed by atoms with Crippen molar-refractivity contribution in [3.05, 3.63) is 59.7 Å². The Bertz CT molecular complexity index is 988. The predicted octanol–water partition coefficient (Wildman–Crippen LogP) is 2.60. The second kappa shape index (κ2) is 10.0. The third-order valence-electron chi connectivity index (χ3n) is 6.31. The van der Waals surface area contributed by atoms with Crippen molar-refractivity contribution in [1.29, 1.82) is 0 Å². The SMILES string of the molecule is O=C(O)CCC1CN(C(=O)CC(O)CNC(=O)OCC2c3ccccc3-c3ccccc32)C1. The summed E-state index contributed by atoms with van der Waals surface area (Å²) in [5.74, 6) is -0.894. The van der Waals surface area contributed by atoms with E-state index in [1.54, 1.807) is 4.90 Å². The number of hydrogen-bond donors (Lipinski definition) is 3. The van der Waals surface area contributed by atoms with Crippen LogP contribution in [-0.4, -0.2) is 65.4 Å². The first kappa shape index (κ1) is 22.8. The smallest absolute Gasteiger partial charge is 0.407 e. The van der Waals surface area contributed by atoms with E-state index in [1.165, 1.54) is 0 Å². The third kappa shape index (κ3) is 5.34. The Balaban J connectivity index is 1.19. The Morgan fingerprint density at radius 2 is 1.64 bits per heavy atom. The quantitative estimate of drug-likeness (QED) is 0.539. The lowest BCUT2D eigenvalue weighted by atomic mass is 9.94. The van der Waals surface area contributed by atoms with Crippen molar-refractivity contribution in [3.63, 3.8) is 0 Å². The van der Waals surface area contributed by atoms with E-state index in [4.69, 9.17) is 9.84 Å². The van der Waals surface area contributed by atoms with Gasteiger partial charge in [0.15, 0.2) is 0 Å². The molecule has 8 nitrogen and oxygen atoms in total. The topological polar surface area (TPSA) is 116 Å². The van der Waals surface area contributed by atoms with E-state index in [-0.39, 0.29) is 43.7 Å². The predicted molar refractivity (Wildman–Crippen MR) is 121 cm³/mol. The number of nitrogens with one attached hydrogen (secondary N) is 1. The number of aliphatic carboxylic acids is 1. The van der Waals surface area contributed by atoms with Gasteiger partial charge in [0.2, 0.25) is 5.91 Å². The molecule has 0 bridgehead atoms. The van der Waals surface area contributed by atoms with Gasteiger partial charge in [0.25, 0.3) is 0 Å². The number of aliphatic hydroxyl groups is 1. The Hall–Kier alpha value is -3.39. The van der Waals surface area contributed by atoms with E-state index in [2.05, 4.69) is 17.4 Å². The van der Waals surface area contributed by atoms with Crippen LogP contribution < -0.4 is 5.32 Å². The number of alkyl carbamates (subject to hydrolysis) is 1. The molecule has 1 heterocycles. The van der Waals surface area contributed by atoms with Crippen LogP contribution in [0.1, 0.15) is 36.3 Å². The van der Waals surface area contributed by atoms with Crippen LogP contribution >= 0.6 is 0 Å². The van der Waals surface area contributed by atoms with Crippen LogP contribution in [0.4, 0.5) is 4.79 Å². The fraction of sp³-hybridized carbons (Fsp3) is 0.400. The standard InChI is InChI=1S/C25H28N2O6/c28-17(11-23(29)27-13-16(14-27)9-10-24(30)31)12-26-25(32)33-15-22-20-7-3-1-5-18(20)19-6-2-4-8-21(19)22/h1-8,16-17,22,28H,9-15H2,(H,26,32)(H,30,31). The summed E-state index contributed by atoms with van der Waals surface area (Å²) in [4.78, 5) is 36.6. The summed E-state index contributed by atoms with van der Waals surface area (Å²) in [6.07, 6.45) is -1.11. The molecular formula is C25H28N2O6. The number of carbonyl (C=O) groups is 3. The maximum atomic E-state index is 12.2. The molecule has 8 heteroatoms. The molecule has 174 valence electrons. The molecule has 1 saturated heterocycles. The van der Waals surface area contributed by atoms with E-state index >= 15 is 0 Å². The van der Waals surface area contributed by atoms with E-state index in [1.807, 2.05) is 36.4 Å². The van der Waals surface area contributed by atoms with Gasteiger partial charge in [-0.25, -0.2) is 4.79 Å². The van der Waals surface area contributed by atoms with Gasteiger partial charge in [0.1, 0.15) is 6.61 Å². The number of likely N-dealkylation sites (tertiary alicyclic amines) is 1. The maximum Gasteiger partial charge on any atom is 0.407 e. The highest BCUT2D eigenvalue weighted by atomic mass is 16.5. The molecule has 0 radical (unpaired) electrons. The number of amides is 2. The number of aliphatic hydroxyl groups excluding tert-OH is 1. The van der Waals surface area contributed by atoms with Crippen molar-refractivity contribution in [2.75, 3.05) is 26.2 Å². The molecule has 0 aromatic heterocycles. The fourth-order valence-electron chi connectivity index (χ4n) is 4.54. The van der Waals surface area contributed by atoms with Crippen molar-refractivity contribution >= 4 is 18.0 Å². The zero-order valence-corrected chi connectivity index (χ0v) is 18.3. The molecule has 3 N–H and O–H groups in total. The molecule has 1 atom stereocenters. The number of ether oxygens (including phenoxy) is 1. The largest absolute Gasteiger partial charge is 0.481 e. The van der Waals surface area contributed by atoms with Gasteiger partial charge in [0.05, 0.1) is 12.5 Å². The van der Waals surface area contributed by atoms with Crippen LogP contribution in [0.25, 0.3) is 11.1 Å². The normalized spacial score (nSPS) is 15.8. The van der Waals surface area contributed by atoms with Crippen LogP contribution in [0.15, 0.2) is 48.5 Å². The molecule has 1 aliphatic heterocycles. The van der Waals surface area contributed by atoms with Crippen molar-refractivity contribution in [1.82, 2.24) is 10.2 Å². The van der Waals surface area contributed by atoms with Crippen molar-refractivity contribution in [2.45, 2.75) is 31.3 Å². The first-order chi connectivity index (χ1) is 15.9. The third-order valence-corrected chi connectivity index (χ3v) is 6.31. The summed E-state index contributed by atoms with van der Waals surface area (Å²) in [5, 5.41) is 21.4. The van der Waals surface area contributed by atoms with Crippen LogP contribution in [-0.2, 0) is 14.3 Å². The average molecular weight is 453 g/mol. The molecule has 4 rings (SSSR count). The average Bonchev–Trinajstić information content (AvgIpc) is 3.09. The Kier molecular flexibility index (Phi) is 6.93. The van der Waals surface area contributed by atoms with Crippen molar-refractivity contribution in [3.8, 4) is 11.1 Å². The van der Waals surface area contributed by atoms with Gasteiger partial charge in [-0.15, -0.1) is 0 Å². The van der Waals surface area contributed by atoms with Crippen LogP contribution in [0, 0.1) is 5.92 Å². The lowest BCUT2D eigenvalue weighted by Crippen LogP contribution is -2.51. The minimum absolute atomic E-state index is 0.0462. The number of hydrogen-bond acceptors (Lipinski definition) is 5. The van der Waals surface area contributed by atoms with Gasteiger partial charge >= 0.3 is 12.1 Å². The Morgan fingerprint density at radius 3 is 2.24 bits per heavy atom. The molecule has 1 unspecified atom stereocenters. The van der Waals surface area contributed by atoms with Crippen molar-refractivity contribution < 1.29 is 29.3 Å². The molecule has 1 fully saturated rings. The Labute approximate surface area is 192 Å². The molecule has 0 saturated carbocycles. The molecule has 33 heavy (non-hydrogen) atoms. The van der Waals surface area contributed by atoms with E-state index in [0.29, 0.717) is 19.5 Å². The number of carboxylic acids is 1. The molecule has 2 amide bonds. The summed E-state index contributed by atoms with van der Waals surface area (Å²) < 4.78 is 5.43. The second-order valence-corrected chi connectivity index (χ2v) is 8.66. The number of carboxylic acid groups (broad SMARTS) is 1. The van der Waals surface area contributed by atoms with Gasteiger partial charge in [-0.1, -0.05) is 48.5 Å². The van der Waals surface area contributed by atoms with Gasteiger partial charge in [-0.3, -0.25) is 9.59 Å². The Morgan fingerprint density at radius 1 is 1.03 bits per heavy atom. The maximum absolute atomic E-state index is 12.2. The van der Waals surface area contributed by atoms with Gasteiger partial charge < -0.3 is 25.2 Å². The molecule has 2 aromatic rings. The number of benzene rings is 2. The van der Waals surface area contributed by atoms with E-state index < -0.39 is 18.2 Å². The molecule has 2 aliphatic rings. The first-order valence-corrected chi connectivity index (χ1v) is 11.2. The summed E-state index contributed by atoms with van der Waals surface area (Å²) in [6, 6.07) is 16.1. The van der Waals surface area contributed by atoms with E-state index in [0.717, 1.165) is 22.3 Å². The van der Waals surface area contributed by atoms with Crippen molar-refractivity contribution in [2.24, 2.45) is 5.92 Å². The van der Waals surface area contributed by atoms with Crippen LogP contribution in [0.2, 0.25) is 0 Å². The lowest BCUT2D eigenvalue weighted by molar-refractivity contribution is -0.140. The number of nitrogens with zero attached hydrogens (tertiary/aromatic N) is 1. The molecular weight excluding hydrogens is 424 g/mol. The summed E-state index contributed by atoms with van der Waals surface area (Å²) in [5.41, 5.74) is 4.53. The van der Waals surface area contributed by atoms with Gasteiger partial charge in [0, 0.05) is 32.0 Å².